The van der Waals surface area contributed by atoms with Crippen molar-refractivity contribution in [3.63, 3.8) is 0 Å². The van der Waals surface area contributed by atoms with Gasteiger partial charge in [-0.15, -0.1) is 17.9 Å². The van der Waals surface area contributed by atoms with Gasteiger partial charge in [-0.25, -0.2) is 4.98 Å². The molecule has 2 heterocycles. The molecule has 0 unspecified atom stereocenters. The molecule has 2 N–H and O–H groups in total. The molecule has 0 amide bonds. The Morgan fingerprint density at radius 2 is 2.10 bits per heavy atom. The van der Waals surface area contributed by atoms with Crippen molar-refractivity contribution in [2.24, 2.45) is 0 Å². The van der Waals surface area contributed by atoms with Gasteiger partial charge in [0.15, 0.2) is 0 Å². The number of thiophene rings is 1. The molecule has 0 saturated carbocycles. The third-order valence-electron chi connectivity index (χ3n) is 2.77. The maximum Gasteiger partial charge on any atom is 0.225 e. The van der Waals surface area contributed by atoms with Gasteiger partial charge < -0.3 is 10.6 Å². The van der Waals surface area contributed by atoms with Gasteiger partial charge >= 0.3 is 0 Å². The van der Waals surface area contributed by atoms with Crippen molar-refractivity contribution in [2.75, 3.05) is 17.2 Å². The third-order valence-corrected chi connectivity index (χ3v) is 3.79. The van der Waals surface area contributed by atoms with Crippen molar-refractivity contribution in [1.82, 2.24) is 9.97 Å². The highest BCUT2D eigenvalue weighted by molar-refractivity contribution is 7.18. The number of hydrogen-bond donors (Lipinski definition) is 2. The summed E-state index contributed by atoms with van der Waals surface area (Å²) < 4.78 is 1.13. The van der Waals surface area contributed by atoms with Gasteiger partial charge in [0, 0.05) is 12.1 Å². The highest BCUT2D eigenvalue weighted by Gasteiger charge is 2.17. The Morgan fingerprint density at radius 1 is 1.35 bits per heavy atom. The predicted molar refractivity (Wildman–Crippen MR) is 88.9 cm³/mol. The summed E-state index contributed by atoms with van der Waals surface area (Å²) >= 11 is 1.70. The van der Waals surface area contributed by atoms with Crippen LogP contribution in [0.25, 0.3) is 10.2 Å². The predicted octanol–water partition coefficient (Wildman–Crippen LogP) is 4.06. The lowest BCUT2D eigenvalue weighted by Crippen LogP contribution is -2.27. The Kier molecular flexibility index (Phi) is 4.28. The van der Waals surface area contributed by atoms with Crippen molar-refractivity contribution in [3.05, 3.63) is 23.6 Å². The molecule has 0 aromatic carbocycles. The van der Waals surface area contributed by atoms with Gasteiger partial charge in [0.05, 0.1) is 10.2 Å². The number of nitrogens with zero attached hydrogens (tertiary/aromatic N) is 2. The summed E-state index contributed by atoms with van der Waals surface area (Å²) in [5, 5.41) is 8.82. The van der Waals surface area contributed by atoms with Gasteiger partial charge in [0.1, 0.15) is 5.82 Å². The average molecular weight is 290 g/mol. The molecule has 0 atom stereocenters. The largest absolute Gasteiger partial charge is 0.364 e. The summed E-state index contributed by atoms with van der Waals surface area (Å²) in [5.74, 6) is 1.55. The van der Waals surface area contributed by atoms with E-state index < -0.39 is 0 Å². The molecule has 2 rings (SSSR count). The molecule has 0 fully saturated rings. The first-order chi connectivity index (χ1) is 9.44. The molecule has 2 aromatic rings. The lowest BCUT2D eigenvalue weighted by atomic mass is 10.1. The smallest absolute Gasteiger partial charge is 0.225 e. The Labute approximate surface area is 124 Å². The topological polar surface area (TPSA) is 49.8 Å². The summed E-state index contributed by atoms with van der Waals surface area (Å²) in [6.07, 6.45) is 2.78. The molecule has 0 aliphatic carbocycles. The van der Waals surface area contributed by atoms with Crippen molar-refractivity contribution in [1.29, 1.82) is 0 Å². The molecular weight excluding hydrogens is 268 g/mol. The van der Waals surface area contributed by atoms with Crippen molar-refractivity contribution in [3.8, 4) is 0 Å². The molecule has 2 aromatic heterocycles. The summed E-state index contributed by atoms with van der Waals surface area (Å²) in [7, 11) is 0. The molecule has 0 radical (unpaired) electrons. The zero-order chi connectivity index (χ0) is 14.8. The number of aryl methyl sites for hydroxylation is 1. The van der Waals surface area contributed by atoms with E-state index in [1.807, 2.05) is 0 Å². The molecular formula is C15H22N4S. The third kappa shape index (κ3) is 3.28. The minimum absolute atomic E-state index is 0.0344. The summed E-state index contributed by atoms with van der Waals surface area (Å²) in [4.78, 5) is 9.24. The van der Waals surface area contributed by atoms with Crippen LogP contribution in [0.5, 0.6) is 0 Å². The second kappa shape index (κ2) is 5.79. The number of fused-ring (bicyclic) bond motifs is 1. The van der Waals surface area contributed by atoms with Crippen LogP contribution in [0.4, 0.5) is 11.8 Å². The fourth-order valence-electron chi connectivity index (χ4n) is 1.90. The van der Waals surface area contributed by atoms with Gasteiger partial charge in [-0.1, -0.05) is 13.0 Å². The van der Waals surface area contributed by atoms with E-state index in [2.05, 4.69) is 60.3 Å². The standard InChI is InChI=1S/C15H22N4S/c1-6-8-16-14-17-11-10(7-2)9-20-12(11)13(18-14)19-15(3,4)5/h6,9H,1,7-8H2,2-5H3,(H2,16,17,18,19). The van der Waals surface area contributed by atoms with Crippen LogP contribution in [0.3, 0.4) is 0 Å². The molecule has 5 heteroatoms. The van der Waals surface area contributed by atoms with E-state index in [0.29, 0.717) is 12.5 Å². The molecule has 4 nitrogen and oxygen atoms in total. The number of aromatic nitrogens is 2. The molecule has 0 bridgehead atoms. The monoisotopic (exact) mass is 290 g/mol. The lowest BCUT2D eigenvalue weighted by Gasteiger charge is -2.22. The Hall–Kier alpha value is -1.62. The van der Waals surface area contributed by atoms with E-state index in [0.717, 1.165) is 22.5 Å². The van der Waals surface area contributed by atoms with E-state index in [-0.39, 0.29) is 5.54 Å². The first kappa shape index (κ1) is 14.8. The minimum Gasteiger partial charge on any atom is -0.364 e. The Morgan fingerprint density at radius 3 is 2.70 bits per heavy atom. The van der Waals surface area contributed by atoms with Gasteiger partial charge in [0.2, 0.25) is 5.95 Å². The molecule has 0 saturated heterocycles. The van der Waals surface area contributed by atoms with Crippen LogP contribution >= 0.6 is 11.3 Å². The van der Waals surface area contributed by atoms with E-state index in [1.54, 1.807) is 17.4 Å². The molecule has 0 aliphatic rings. The second-order valence-electron chi connectivity index (χ2n) is 5.73. The zero-order valence-electron chi connectivity index (χ0n) is 12.6. The maximum atomic E-state index is 4.63. The molecule has 0 aliphatic heterocycles. The van der Waals surface area contributed by atoms with Gasteiger partial charge in [-0.05, 0) is 38.1 Å². The Bertz CT molecular complexity index is 610. The number of rotatable bonds is 5. The SMILES string of the molecule is C=CCNc1nc(NC(C)(C)C)c2scc(CC)c2n1. The van der Waals surface area contributed by atoms with Crippen LogP contribution in [0.15, 0.2) is 18.0 Å². The van der Waals surface area contributed by atoms with Crippen LogP contribution in [-0.2, 0) is 6.42 Å². The van der Waals surface area contributed by atoms with Crippen molar-refractivity contribution < 1.29 is 0 Å². The van der Waals surface area contributed by atoms with Crippen LogP contribution < -0.4 is 10.6 Å². The normalized spacial score (nSPS) is 11.6. The highest BCUT2D eigenvalue weighted by Crippen LogP contribution is 2.32. The first-order valence-corrected chi connectivity index (χ1v) is 7.73. The summed E-state index contributed by atoms with van der Waals surface area (Å²) in [6.45, 7) is 12.9. The Balaban J connectivity index is 2.52. The average Bonchev–Trinajstić information content (AvgIpc) is 2.77. The van der Waals surface area contributed by atoms with Crippen LogP contribution in [0.1, 0.15) is 33.3 Å². The summed E-state index contributed by atoms with van der Waals surface area (Å²) in [5.41, 5.74) is 2.28. The van der Waals surface area contributed by atoms with E-state index in [9.17, 15) is 0 Å². The fraction of sp³-hybridized carbons (Fsp3) is 0.467. The fourth-order valence-corrected chi connectivity index (χ4v) is 2.93. The molecule has 0 spiro atoms. The number of nitrogens with one attached hydrogen (secondary N) is 2. The van der Waals surface area contributed by atoms with Crippen LogP contribution in [0.2, 0.25) is 0 Å². The summed E-state index contributed by atoms with van der Waals surface area (Å²) in [6, 6.07) is 0. The molecule has 20 heavy (non-hydrogen) atoms. The van der Waals surface area contributed by atoms with Gasteiger partial charge in [0.25, 0.3) is 0 Å². The molecule has 108 valence electrons. The highest BCUT2D eigenvalue weighted by atomic mass is 32.1. The van der Waals surface area contributed by atoms with Gasteiger partial charge in [-0.3, -0.25) is 0 Å². The lowest BCUT2D eigenvalue weighted by molar-refractivity contribution is 0.631. The van der Waals surface area contributed by atoms with Gasteiger partial charge in [-0.2, -0.15) is 4.98 Å². The van der Waals surface area contributed by atoms with Crippen molar-refractivity contribution in [2.45, 2.75) is 39.7 Å². The second-order valence-corrected chi connectivity index (χ2v) is 6.61. The zero-order valence-corrected chi connectivity index (χ0v) is 13.4. The maximum absolute atomic E-state index is 4.63. The van der Waals surface area contributed by atoms with E-state index in [4.69, 9.17) is 0 Å². The first-order valence-electron chi connectivity index (χ1n) is 6.85. The minimum atomic E-state index is -0.0344. The van der Waals surface area contributed by atoms with Crippen molar-refractivity contribution >= 4 is 33.3 Å². The van der Waals surface area contributed by atoms with Crippen LogP contribution in [-0.4, -0.2) is 22.1 Å². The quantitative estimate of drug-likeness (QED) is 0.815. The number of anilines is 2. The number of hydrogen-bond acceptors (Lipinski definition) is 5. The van der Waals surface area contributed by atoms with Crippen LogP contribution in [0, 0.1) is 0 Å². The van der Waals surface area contributed by atoms with E-state index >= 15 is 0 Å². The van der Waals surface area contributed by atoms with E-state index in [1.165, 1.54) is 5.56 Å².